The summed E-state index contributed by atoms with van der Waals surface area (Å²) < 4.78 is 5.03. The maximum absolute atomic E-state index is 11.7. The number of benzene rings is 1. The summed E-state index contributed by atoms with van der Waals surface area (Å²) >= 11 is 6.05. The number of hydrogen-bond acceptors (Lipinski definition) is 4. The standard InChI is InChI=1S/C15H20ClN3O2/c1-3-8-21-15(20)18-14-17-10-13(19(14)4-2)11-6-5-7-12(16)9-11/h5-7,9,13H,3-4,8,10H2,1-2H3,(H,17,18,20). The van der Waals surface area contributed by atoms with E-state index in [-0.39, 0.29) is 6.04 Å². The highest BCUT2D eigenvalue weighted by atomic mass is 35.5. The minimum Gasteiger partial charge on any atom is -0.449 e. The molecule has 21 heavy (non-hydrogen) atoms. The minimum absolute atomic E-state index is 0.0928. The van der Waals surface area contributed by atoms with E-state index in [1.807, 2.05) is 43.0 Å². The molecule has 5 nitrogen and oxygen atoms in total. The molecule has 0 fully saturated rings. The van der Waals surface area contributed by atoms with Crippen LogP contribution in [0.3, 0.4) is 0 Å². The van der Waals surface area contributed by atoms with E-state index in [9.17, 15) is 4.79 Å². The molecule has 1 aliphatic heterocycles. The number of halogens is 1. The summed E-state index contributed by atoms with van der Waals surface area (Å²) in [5, 5.41) is 3.41. The smallest absolute Gasteiger partial charge is 0.413 e. The first kappa shape index (κ1) is 15.6. The second-order valence-corrected chi connectivity index (χ2v) is 5.22. The van der Waals surface area contributed by atoms with Gasteiger partial charge in [0.25, 0.3) is 0 Å². The first-order chi connectivity index (χ1) is 10.2. The Bertz CT molecular complexity index is 533. The zero-order chi connectivity index (χ0) is 15.2. The molecule has 1 N–H and O–H groups in total. The lowest BCUT2D eigenvalue weighted by Gasteiger charge is -2.26. The molecule has 6 heteroatoms. The molecular weight excluding hydrogens is 290 g/mol. The minimum atomic E-state index is -0.458. The Kier molecular flexibility index (Phi) is 5.44. The highest BCUT2D eigenvalue weighted by molar-refractivity contribution is 6.30. The topological polar surface area (TPSA) is 53.9 Å². The van der Waals surface area contributed by atoms with Gasteiger partial charge in [-0.15, -0.1) is 0 Å². The molecule has 0 aromatic heterocycles. The molecule has 1 atom stereocenters. The maximum Gasteiger partial charge on any atom is 0.413 e. The number of likely N-dealkylation sites (N-methyl/N-ethyl adjacent to an activating group) is 1. The number of amides is 1. The first-order valence-corrected chi connectivity index (χ1v) is 7.53. The lowest BCUT2D eigenvalue weighted by atomic mass is 10.1. The highest BCUT2D eigenvalue weighted by Crippen LogP contribution is 2.27. The van der Waals surface area contributed by atoms with E-state index < -0.39 is 6.09 Å². The van der Waals surface area contributed by atoms with Crippen molar-refractivity contribution in [1.29, 1.82) is 0 Å². The predicted octanol–water partition coefficient (Wildman–Crippen LogP) is 3.21. The van der Waals surface area contributed by atoms with E-state index in [0.717, 1.165) is 18.5 Å². The molecule has 114 valence electrons. The summed E-state index contributed by atoms with van der Waals surface area (Å²) in [6.45, 7) is 5.72. The number of nitrogens with zero attached hydrogens (tertiary/aromatic N) is 2. The van der Waals surface area contributed by atoms with Gasteiger partial charge in [0.15, 0.2) is 0 Å². The van der Waals surface area contributed by atoms with Crippen molar-refractivity contribution in [2.75, 3.05) is 19.7 Å². The quantitative estimate of drug-likeness (QED) is 0.929. The summed E-state index contributed by atoms with van der Waals surface area (Å²) in [4.78, 5) is 18.1. The summed E-state index contributed by atoms with van der Waals surface area (Å²) in [6, 6.07) is 7.82. The van der Waals surface area contributed by atoms with Crippen molar-refractivity contribution < 1.29 is 9.53 Å². The summed E-state index contributed by atoms with van der Waals surface area (Å²) in [7, 11) is 0. The Balaban J connectivity index is 2.04. The van der Waals surface area contributed by atoms with Gasteiger partial charge in [-0.25, -0.2) is 4.79 Å². The Labute approximate surface area is 129 Å². The summed E-state index contributed by atoms with van der Waals surface area (Å²) in [5.41, 5.74) is 1.09. The van der Waals surface area contributed by atoms with E-state index in [4.69, 9.17) is 16.3 Å². The van der Waals surface area contributed by atoms with Gasteiger partial charge in [0.2, 0.25) is 5.96 Å². The van der Waals surface area contributed by atoms with Crippen LogP contribution >= 0.6 is 11.6 Å². The highest BCUT2D eigenvalue weighted by Gasteiger charge is 2.29. The Hall–Kier alpha value is -1.75. The van der Waals surface area contributed by atoms with Crippen LogP contribution in [0.25, 0.3) is 0 Å². The second-order valence-electron chi connectivity index (χ2n) is 4.78. The van der Waals surface area contributed by atoms with Crippen LogP contribution < -0.4 is 5.32 Å². The number of alkyl carbamates (subject to hydrolysis) is 1. The number of carbonyl (C=O) groups is 1. The average molecular weight is 310 g/mol. The van der Waals surface area contributed by atoms with Crippen molar-refractivity contribution in [2.45, 2.75) is 26.3 Å². The second kappa shape index (κ2) is 7.31. The van der Waals surface area contributed by atoms with E-state index in [1.165, 1.54) is 0 Å². The Morgan fingerprint density at radius 3 is 3.00 bits per heavy atom. The van der Waals surface area contributed by atoms with Gasteiger partial charge in [0, 0.05) is 11.6 Å². The molecule has 1 aromatic rings. The van der Waals surface area contributed by atoms with Gasteiger partial charge in [-0.1, -0.05) is 30.7 Å². The Morgan fingerprint density at radius 1 is 1.52 bits per heavy atom. The summed E-state index contributed by atoms with van der Waals surface area (Å²) in [6.07, 6.45) is 0.337. The fourth-order valence-electron chi connectivity index (χ4n) is 2.31. The van der Waals surface area contributed by atoms with Crippen LogP contribution in [-0.4, -0.2) is 36.6 Å². The molecule has 2 rings (SSSR count). The number of ether oxygens (including phenoxy) is 1. The third kappa shape index (κ3) is 3.88. The fourth-order valence-corrected chi connectivity index (χ4v) is 2.51. The van der Waals surface area contributed by atoms with E-state index >= 15 is 0 Å². The van der Waals surface area contributed by atoms with Gasteiger partial charge in [0.05, 0.1) is 19.2 Å². The third-order valence-electron chi connectivity index (χ3n) is 3.29. The van der Waals surface area contributed by atoms with Gasteiger partial charge < -0.3 is 9.64 Å². The average Bonchev–Trinajstić information content (AvgIpc) is 2.87. The van der Waals surface area contributed by atoms with Crippen molar-refractivity contribution in [1.82, 2.24) is 10.2 Å². The SMILES string of the molecule is CCCOC(=O)NC1=NCC(c2cccc(Cl)c2)N1CC. The largest absolute Gasteiger partial charge is 0.449 e. The van der Waals surface area contributed by atoms with Crippen LogP contribution in [0.5, 0.6) is 0 Å². The van der Waals surface area contributed by atoms with Crippen molar-refractivity contribution in [3.05, 3.63) is 34.9 Å². The van der Waals surface area contributed by atoms with Crippen molar-refractivity contribution in [2.24, 2.45) is 4.99 Å². The van der Waals surface area contributed by atoms with Crippen molar-refractivity contribution in [3.8, 4) is 0 Å². The van der Waals surface area contributed by atoms with Crippen LogP contribution in [0, 0.1) is 0 Å². The van der Waals surface area contributed by atoms with Gasteiger partial charge in [0.1, 0.15) is 0 Å². The number of hydrogen-bond donors (Lipinski definition) is 1. The number of carbonyl (C=O) groups excluding carboxylic acids is 1. The van der Waals surface area contributed by atoms with E-state index in [1.54, 1.807) is 0 Å². The number of aliphatic imine (C=N–C) groups is 1. The molecule has 1 heterocycles. The molecule has 0 radical (unpaired) electrons. The van der Waals surface area contributed by atoms with Gasteiger partial charge >= 0.3 is 6.09 Å². The zero-order valence-corrected chi connectivity index (χ0v) is 13.1. The van der Waals surface area contributed by atoms with Crippen LogP contribution in [0.15, 0.2) is 29.3 Å². The molecule has 0 spiro atoms. The van der Waals surface area contributed by atoms with Crippen LogP contribution in [0.1, 0.15) is 31.9 Å². The van der Waals surface area contributed by atoms with Gasteiger partial charge in [-0.2, -0.15) is 0 Å². The molecule has 1 aromatic carbocycles. The lowest BCUT2D eigenvalue weighted by Crippen LogP contribution is -2.42. The first-order valence-electron chi connectivity index (χ1n) is 7.16. The van der Waals surface area contributed by atoms with Gasteiger partial charge in [-0.3, -0.25) is 10.3 Å². The molecule has 0 aliphatic carbocycles. The van der Waals surface area contributed by atoms with Crippen molar-refractivity contribution >= 4 is 23.7 Å². The van der Waals surface area contributed by atoms with Crippen molar-refractivity contribution in [3.63, 3.8) is 0 Å². The number of guanidine groups is 1. The zero-order valence-electron chi connectivity index (χ0n) is 12.3. The predicted molar refractivity (Wildman–Crippen MR) is 83.6 cm³/mol. The fraction of sp³-hybridized carbons (Fsp3) is 0.467. The third-order valence-corrected chi connectivity index (χ3v) is 3.52. The molecule has 1 amide bonds. The Morgan fingerprint density at radius 2 is 2.33 bits per heavy atom. The maximum atomic E-state index is 11.7. The number of rotatable bonds is 4. The lowest BCUT2D eigenvalue weighted by molar-refractivity contribution is 0.150. The molecule has 0 saturated heterocycles. The van der Waals surface area contributed by atoms with Crippen LogP contribution in [0.2, 0.25) is 5.02 Å². The monoisotopic (exact) mass is 309 g/mol. The van der Waals surface area contributed by atoms with E-state index in [0.29, 0.717) is 24.1 Å². The van der Waals surface area contributed by atoms with Gasteiger partial charge in [-0.05, 0) is 31.0 Å². The van der Waals surface area contributed by atoms with Crippen LogP contribution in [0.4, 0.5) is 4.79 Å². The molecule has 0 bridgehead atoms. The normalized spacial score (nSPS) is 17.6. The molecular formula is C15H20ClN3O2. The molecule has 1 unspecified atom stereocenters. The summed E-state index contributed by atoms with van der Waals surface area (Å²) in [5.74, 6) is 0.559. The molecule has 1 aliphatic rings. The van der Waals surface area contributed by atoms with Crippen LogP contribution in [-0.2, 0) is 4.74 Å². The van der Waals surface area contributed by atoms with E-state index in [2.05, 4.69) is 10.3 Å². The molecule has 0 saturated carbocycles. The number of nitrogens with one attached hydrogen (secondary N) is 1.